The van der Waals surface area contributed by atoms with Crippen molar-refractivity contribution < 1.29 is 23.9 Å². The molecule has 1 amide bonds. The van der Waals surface area contributed by atoms with E-state index in [2.05, 4.69) is 11.9 Å². The highest BCUT2D eigenvalue weighted by Gasteiger charge is 2.51. The molecule has 0 bridgehead atoms. The number of rotatable bonds is 14. The van der Waals surface area contributed by atoms with Gasteiger partial charge in [-0.2, -0.15) is 0 Å². The Hall–Kier alpha value is -3.41. The second kappa shape index (κ2) is 14.1. The molecule has 2 aromatic carbocycles. The Kier molecular flexibility index (Phi) is 11.2. The van der Waals surface area contributed by atoms with Gasteiger partial charge in [0.25, 0.3) is 0 Å². The van der Waals surface area contributed by atoms with Gasteiger partial charge in [-0.1, -0.05) is 87.0 Å². The van der Waals surface area contributed by atoms with Crippen LogP contribution in [0.1, 0.15) is 51.2 Å². The first kappa shape index (κ1) is 27.8. The summed E-state index contributed by atoms with van der Waals surface area (Å²) in [5, 5.41) is 2.83. The first-order chi connectivity index (χ1) is 16.9. The molecule has 2 aromatic rings. The highest BCUT2D eigenvalue weighted by Crippen LogP contribution is 2.37. The number of hydrogen-bond acceptors (Lipinski definition) is 5. The molecular formula is C29H37NO5. The first-order valence-electron chi connectivity index (χ1n) is 12.2. The van der Waals surface area contributed by atoms with Crippen LogP contribution in [0, 0.1) is 11.3 Å². The van der Waals surface area contributed by atoms with Crippen molar-refractivity contribution >= 4 is 17.8 Å². The van der Waals surface area contributed by atoms with Gasteiger partial charge in [-0.05, 0) is 43.2 Å². The molecule has 6 nitrogen and oxygen atoms in total. The van der Waals surface area contributed by atoms with Crippen LogP contribution in [0.25, 0.3) is 0 Å². The second-order valence-corrected chi connectivity index (χ2v) is 8.64. The maximum absolute atomic E-state index is 13.8. The van der Waals surface area contributed by atoms with Gasteiger partial charge in [0.2, 0.25) is 5.91 Å². The van der Waals surface area contributed by atoms with Crippen LogP contribution in [0.2, 0.25) is 0 Å². The number of ether oxygens (including phenoxy) is 2. The molecule has 188 valence electrons. The number of carbonyl (C=O) groups is 3. The number of esters is 2. The van der Waals surface area contributed by atoms with E-state index in [0.717, 1.165) is 11.1 Å². The van der Waals surface area contributed by atoms with Gasteiger partial charge in [0.15, 0.2) is 5.41 Å². The fourth-order valence-corrected chi connectivity index (χ4v) is 4.06. The molecule has 0 aromatic heterocycles. The van der Waals surface area contributed by atoms with E-state index in [1.54, 1.807) is 13.0 Å². The molecule has 0 aliphatic carbocycles. The third-order valence-electron chi connectivity index (χ3n) is 6.34. The zero-order valence-corrected chi connectivity index (χ0v) is 21.0. The summed E-state index contributed by atoms with van der Waals surface area (Å²) in [6, 6.07) is 18.1. The van der Waals surface area contributed by atoms with Gasteiger partial charge in [-0.15, -0.1) is 6.58 Å². The maximum atomic E-state index is 13.8. The number of nitrogens with one attached hydrogen (secondary N) is 1. The van der Waals surface area contributed by atoms with E-state index in [-0.39, 0.29) is 25.6 Å². The topological polar surface area (TPSA) is 81.7 Å². The van der Waals surface area contributed by atoms with Crippen LogP contribution >= 0.6 is 0 Å². The van der Waals surface area contributed by atoms with Gasteiger partial charge in [0.05, 0.1) is 6.61 Å². The molecule has 0 fully saturated rings. The number of carbonyl (C=O) groups excluding carboxylic acids is 3. The van der Waals surface area contributed by atoms with Crippen molar-refractivity contribution in [3.63, 3.8) is 0 Å². The third-order valence-corrected chi connectivity index (χ3v) is 6.34. The van der Waals surface area contributed by atoms with Crippen molar-refractivity contribution in [2.24, 2.45) is 11.3 Å². The molecule has 35 heavy (non-hydrogen) atoms. The van der Waals surface area contributed by atoms with E-state index < -0.39 is 29.3 Å². The van der Waals surface area contributed by atoms with Gasteiger partial charge in [-0.25, -0.2) is 4.79 Å². The predicted molar refractivity (Wildman–Crippen MR) is 136 cm³/mol. The van der Waals surface area contributed by atoms with Crippen LogP contribution in [0.3, 0.4) is 0 Å². The zero-order chi connectivity index (χ0) is 25.7. The fraction of sp³-hybridized carbons (Fsp3) is 0.414. The van der Waals surface area contributed by atoms with E-state index in [1.807, 2.05) is 74.5 Å². The standard InChI is InChI=1S/C29H37NO5/c1-5-20-29(22(4)6-2,28(33)35-21-24-16-12-9-13-17-24)27(32)30-25(26(31)34-7-3)19-18-23-14-10-8-11-15-23/h5,8-17,22,25H,1,6-7,18-21H2,2-4H3,(H,30,32)/t22-,25-,29-/m0/s1. The number of benzene rings is 2. The smallest absolute Gasteiger partial charge is 0.328 e. The van der Waals surface area contributed by atoms with Crippen molar-refractivity contribution in [3.8, 4) is 0 Å². The highest BCUT2D eigenvalue weighted by molar-refractivity contribution is 6.04. The van der Waals surface area contributed by atoms with Gasteiger partial charge in [0, 0.05) is 0 Å². The maximum Gasteiger partial charge on any atom is 0.328 e. The summed E-state index contributed by atoms with van der Waals surface area (Å²) in [7, 11) is 0. The number of hydrogen-bond donors (Lipinski definition) is 1. The van der Waals surface area contributed by atoms with Crippen LogP contribution < -0.4 is 5.32 Å². The summed E-state index contributed by atoms with van der Waals surface area (Å²) in [6.07, 6.45) is 3.13. The summed E-state index contributed by atoms with van der Waals surface area (Å²) in [5.74, 6) is -2.04. The Bertz CT molecular complexity index is 960. The molecule has 0 aliphatic rings. The molecule has 0 saturated heterocycles. The van der Waals surface area contributed by atoms with Gasteiger partial charge in [-0.3, -0.25) is 9.59 Å². The molecule has 0 radical (unpaired) electrons. The zero-order valence-electron chi connectivity index (χ0n) is 21.0. The van der Waals surface area contributed by atoms with E-state index in [0.29, 0.717) is 19.3 Å². The average Bonchev–Trinajstić information content (AvgIpc) is 2.88. The molecule has 0 aliphatic heterocycles. The van der Waals surface area contributed by atoms with Crippen LogP contribution in [-0.2, 0) is 36.9 Å². The van der Waals surface area contributed by atoms with Crippen molar-refractivity contribution in [2.45, 2.75) is 59.1 Å². The van der Waals surface area contributed by atoms with Crippen molar-refractivity contribution in [1.82, 2.24) is 5.32 Å². The van der Waals surface area contributed by atoms with Gasteiger partial charge < -0.3 is 14.8 Å². The van der Waals surface area contributed by atoms with E-state index in [1.165, 1.54) is 0 Å². The minimum atomic E-state index is -1.51. The largest absolute Gasteiger partial charge is 0.464 e. The Morgan fingerprint density at radius 3 is 2.11 bits per heavy atom. The molecule has 1 N–H and O–H groups in total. The van der Waals surface area contributed by atoms with Crippen LogP contribution in [0.15, 0.2) is 73.3 Å². The second-order valence-electron chi connectivity index (χ2n) is 8.64. The normalized spacial score (nSPS) is 14.1. The highest BCUT2D eigenvalue weighted by atomic mass is 16.5. The molecule has 0 saturated carbocycles. The van der Waals surface area contributed by atoms with Crippen LogP contribution in [0.4, 0.5) is 0 Å². The number of allylic oxidation sites excluding steroid dienone is 1. The summed E-state index contributed by atoms with van der Waals surface area (Å²) in [5.41, 5.74) is 0.353. The van der Waals surface area contributed by atoms with E-state index in [9.17, 15) is 14.4 Å². The van der Waals surface area contributed by atoms with Gasteiger partial charge >= 0.3 is 11.9 Å². The lowest BCUT2D eigenvalue weighted by atomic mass is 9.71. The average molecular weight is 480 g/mol. The van der Waals surface area contributed by atoms with E-state index >= 15 is 0 Å². The van der Waals surface area contributed by atoms with E-state index in [4.69, 9.17) is 9.47 Å². The summed E-state index contributed by atoms with van der Waals surface area (Å²) >= 11 is 0. The monoisotopic (exact) mass is 479 g/mol. The molecule has 0 heterocycles. The molecule has 2 rings (SSSR count). The van der Waals surface area contributed by atoms with Crippen LogP contribution in [-0.4, -0.2) is 30.5 Å². The predicted octanol–water partition coefficient (Wildman–Crippen LogP) is 5.02. The SMILES string of the molecule is C=CC[C@](C(=O)N[C@@H](CCc1ccccc1)C(=O)OCC)(C(=O)OCc1ccccc1)[C@@H](C)CC. The molecule has 6 heteroatoms. The van der Waals surface area contributed by atoms with Crippen LogP contribution in [0.5, 0.6) is 0 Å². The van der Waals surface area contributed by atoms with Crippen molar-refractivity contribution in [3.05, 3.63) is 84.4 Å². The third kappa shape index (κ3) is 7.54. The molecule has 0 spiro atoms. The van der Waals surface area contributed by atoms with Gasteiger partial charge in [0.1, 0.15) is 12.6 Å². The minimum absolute atomic E-state index is 0.0532. The number of amides is 1. The van der Waals surface area contributed by atoms with Crippen molar-refractivity contribution in [1.29, 1.82) is 0 Å². The Labute approximate surface area is 208 Å². The quantitative estimate of drug-likeness (QED) is 0.234. The number of aryl methyl sites for hydroxylation is 1. The molecule has 3 atom stereocenters. The summed E-state index contributed by atoms with van der Waals surface area (Å²) in [4.78, 5) is 40.0. The lowest BCUT2D eigenvalue weighted by Crippen LogP contribution is -2.55. The summed E-state index contributed by atoms with van der Waals surface area (Å²) < 4.78 is 10.9. The minimum Gasteiger partial charge on any atom is -0.464 e. The molecule has 0 unspecified atom stereocenters. The molecular weight excluding hydrogens is 442 g/mol. The fourth-order valence-electron chi connectivity index (χ4n) is 4.06. The Balaban J connectivity index is 2.29. The Morgan fingerprint density at radius 1 is 0.971 bits per heavy atom. The van der Waals surface area contributed by atoms with Crippen molar-refractivity contribution in [2.75, 3.05) is 6.61 Å². The Morgan fingerprint density at radius 2 is 1.57 bits per heavy atom. The summed E-state index contributed by atoms with van der Waals surface area (Å²) in [6.45, 7) is 9.51. The lowest BCUT2D eigenvalue weighted by molar-refractivity contribution is -0.168. The first-order valence-corrected chi connectivity index (χ1v) is 12.2. The lowest BCUT2D eigenvalue weighted by Gasteiger charge is -2.35.